The average molecular weight is 512 g/mol. The van der Waals surface area contributed by atoms with E-state index in [0.717, 1.165) is 9.78 Å². The van der Waals surface area contributed by atoms with E-state index in [0.29, 0.717) is 22.0 Å². The van der Waals surface area contributed by atoms with E-state index in [1.165, 1.54) is 16.2 Å². The van der Waals surface area contributed by atoms with Crippen molar-refractivity contribution in [3.05, 3.63) is 81.5 Å². The number of halogens is 1. The summed E-state index contributed by atoms with van der Waals surface area (Å²) in [6.07, 6.45) is -0.223. The van der Waals surface area contributed by atoms with E-state index in [-0.39, 0.29) is 19.6 Å². The topological polar surface area (TPSA) is 96.0 Å². The molecule has 2 aromatic carbocycles. The molecule has 8 nitrogen and oxygen atoms in total. The zero-order chi connectivity index (χ0) is 24.9. The predicted molar refractivity (Wildman–Crippen MR) is 134 cm³/mol. The van der Waals surface area contributed by atoms with Crippen LogP contribution in [0.3, 0.4) is 0 Å². The van der Waals surface area contributed by atoms with E-state index in [1.54, 1.807) is 55.5 Å². The molecule has 0 spiro atoms. The summed E-state index contributed by atoms with van der Waals surface area (Å²) < 4.78 is 4.95. The lowest BCUT2D eigenvalue weighted by Gasteiger charge is -2.21. The molecule has 1 saturated heterocycles. The molecule has 0 bridgehead atoms. The molecule has 1 fully saturated rings. The van der Waals surface area contributed by atoms with Gasteiger partial charge in [-0.15, -0.1) is 11.3 Å². The molecule has 1 aliphatic heterocycles. The number of anilines is 2. The number of rotatable bonds is 8. The fraction of sp³-hybridized carbons (Fsp3) is 0.200. The molecule has 10 heteroatoms. The predicted octanol–water partition coefficient (Wildman–Crippen LogP) is 4.94. The number of urea groups is 1. The van der Waals surface area contributed by atoms with Gasteiger partial charge in [0, 0.05) is 15.6 Å². The lowest BCUT2D eigenvalue weighted by atomic mass is 10.1. The SMILES string of the molecule is CCOC(=O)c1ccc(NC(=O)C[C@@H]2C(=O)N(c3ccc(Cl)cc3)C(=O)N2Cc2cccs2)cc1. The van der Waals surface area contributed by atoms with Crippen LogP contribution in [0.15, 0.2) is 66.0 Å². The van der Waals surface area contributed by atoms with Crippen molar-refractivity contribution in [1.82, 2.24) is 4.90 Å². The zero-order valence-corrected chi connectivity index (χ0v) is 20.3. The van der Waals surface area contributed by atoms with Crippen molar-refractivity contribution in [3.63, 3.8) is 0 Å². The van der Waals surface area contributed by atoms with E-state index in [9.17, 15) is 19.2 Å². The fourth-order valence-electron chi connectivity index (χ4n) is 3.70. The van der Waals surface area contributed by atoms with Gasteiger partial charge in [0.1, 0.15) is 6.04 Å². The number of carbonyl (C=O) groups is 4. The maximum atomic E-state index is 13.3. The summed E-state index contributed by atoms with van der Waals surface area (Å²) >= 11 is 7.42. The van der Waals surface area contributed by atoms with Crippen molar-refractivity contribution < 1.29 is 23.9 Å². The number of nitrogens with zero attached hydrogens (tertiary/aromatic N) is 2. The van der Waals surface area contributed by atoms with Crippen LogP contribution >= 0.6 is 22.9 Å². The number of esters is 1. The first kappa shape index (κ1) is 24.4. The van der Waals surface area contributed by atoms with Crippen LogP contribution in [0.2, 0.25) is 5.02 Å². The molecule has 180 valence electrons. The second kappa shape index (κ2) is 10.7. The van der Waals surface area contributed by atoms with Crippen LogP contribution < -0.4 is 10.2 Å². The number of carbonyl (C=O) groups excluding carboxylic acids is 4. The van der Waals surface area contributed by atoms with E-state index in [4.69, 9.17) is 16.3 Å². The Morgan fingerprint density at radius 2 is 1.77 bits per heavy atom. The largest absolute Gasteiger partial charge is 0.462 e. The minimum absolute atomic E-state index is 0.207. The van der Waals surface area contributed by atoms with Gasteiger partial charge in [-0.1, -0.05) is 17.7 Å². The van der Waals surface area contributed by atoms with Gasteiger partial charge in [-0.25, -0.2) is 14.5 Å². The Balaban J connectivity index is 1.51. The van der Waals surface area contributed by atoms with Crippen molar-refractivity contribution in [1.29, 1.82) is 0 Å². The molecule has 0 aliphatic carbocycles. The Labute approximate surface area is 211 Å². The van der Waals surface area contributed by atoms with E-state index in [1.807, 2.05) is 17.5 Å². The Hall–Kier alpha value is -3.69. The summed E-state index contributed by atoms with van der Waals surface area (Å²) in [5.74, 6) is -1.37. The van der Waals surface area contributed by atoms with Gasteiger partial charge < -0.3 is 15.0 Å². The van der Waals surface area contributed by atoms with Gasteiger partial charge >= 0.3 is 12.0 Å². The quantitative estimate of drug-likeness (QED) is 0.341. The highest BCUT2D eigenvalue weighted by Gasteiger charge is 2.46. The first-order chi connectivity index (χ1) is 16.9. The number of thiophene rings is 1. The van der Waals surface area contributed by atoms with Gasteiger partial charge in [0.2, 0.25) is 5.91 Å². The number of benzene rings is 2. The molecule has 2 heterocycles. The average Bonchev–Trinajstić information content (AvgIpc) is 3.43. The van der Waals surface area contributed by atoms with Crippen LogP contribution in [0.1, 0.15) is 28.6 Å². The Kier molecular flexibility index (Phi) is 7.48. The molecule has 1 N–H and O–H groups in total. The molecule has 3 aromatic rings. The highest BCUT2D eigenvalue weighted by molar-refractivity contribution is 7.09. The number of ether oxygens (including phenoxy) is 1. The van der Waals surface area contributed by atoms with Gasteiger partial charge in [-0.05, 0) is 66.9 Å². The fourth-order valence-corrected chi connectivity index (χ4v) is 4.53. The maximum absolute atomic E-state index is 13.3. The summed E-state index contributed by atoms with van der Waals surface area (Å²) in [5.41, 5.74) is 1.21. The van der Waals surface area contributed by atoms with Crippen molar-refractivity contribution in [2.45, 2.75) is 25.9 Å². The number of hydrogen-bond donors (Lipinski definition) is 1. The lowest BCUT2D eigenvalue weighted by molar-refractivity contribution is -0.124. The minimum Gasteiger partial charge on any atom is -0.462 e. The summed E-state index contributed by atoms with van der Waals surface area (Å²) in [6, 6.07) is 14.9. The zero-order valence-electron chi connectivity index (χ0n) is 18.8. The van der Waals surface area contributed by atoms with Crippen molar-refractivity contribution in [2.75, 3.05) is 16.8 Å². The van der Waals surface area contributed by atoms with Gasteiger partial charge in [-0.2, -0.15) is 0 Å². The molecule has 1 atom stereocenters. The minimum atomic E-state index is -0.973. The number of nitrogens with one attached hydrogen (secondary N) is 1. The maximum Gasteiger partial charge on any atom is 0.338 e. The third-order valence-corrected chi connectivity index (χ3v) is 6.48. The van der Waals surface area contributed by atoms with Crippen LogP contribution in [-0.4, -0.2) is 41.4 Å². The summed E-state index contributed by atoms with van der Waals surface area (Å²) in [7, 11) is 0. The molecule has 4 rings (SSSR count). The van der Waals surface area contributed by atoms with Crippen LogP contribution in [0.5, 0.6) is 0 Å². The van der Waals surface area contributed by atoms with Gasteiger partial charge in [0.15, 0.2) is 0 Å². The number of amides is 4. The van der Waals surface area contributed by atoms with Gasteiger partial charge in [0.05, 0.1) is 30.8 Å². The second-order valence-electron chi connectivity index (χ2n) is 7.71. The van der Waals surface area contributed by atoms with Crippen LogP contribution in [0.4, 0.5) is 16.2 Å². The number of imide groups is 1. The Morgan fingerprint density at radius 1 is 1.06 bits per heavy atom. The van der Waals surface area contributed by atoms with Crippen LogP contribution in [-0.2, 0) is 20.9 Å². The molecule has 0 saturated carbocycles. The highest BCUT2D eigenvalue weighted by Crippen LogP contribution is 2.30. The summed E-state index contributed by atoms with van der Waals surface area (Å²) in [5, 5.41) is 5.09. The Morgan fingerprint density at radius 3 is 2.40 bits per heavy atom. The van der Waals surface area contributed by atoms with E-state index < -0.39 is 29.9 Å². The van der Waals surface area contributed by atoms with Crippen LogP contribution in [0, 0.1) is 0 Å². The van der Waals surface area contributed by atoms with Gasteiger partial charge in [-0.3, -0.25) is 9.59 Å². The third kappa shape index (κ3) is 5.52. The molecule has 1 aromatic heterocycles. The highest BCUT2D eigenvalue weighted by atomic mass is 35.5. The smallest absolute Gasteiger partial charge is 0.338 e. The number of hydrogen-bond acceptors (Lipinski definition) is 6. The monoisotopic (exact) mass is 511 g/mol. The standard InChI is InChI=1S/C25H22ClN3O5S/c1-2-34-24(32)16-5-9-18(10-6-16)27-22(30)14-21-23(31)29(19-11-7-17(26)8-12-19)25(33)28(21)15-20-4-3-13-35-20/h3-13,21H,2,14-15H2,1H3,(H,27,30)/t21-/m1/s1. The van der Waals surface area contributed by atoms with E-state index in [2.05, 4.69) is 5.32 Å². The Bertz CT molecular complexity index is 1230. The van der Waals surface area contributed by atoms with Crippen molar-refractivity contribution in [2.24, 2.45) is 0 Å². The van der Waals surface area contributed by atoms with Gasteiger partial charge in [0.25, 0.3) is 5.91 Å². The van der Waals surface area contributed by atoms with E-state index >= 15 is 0 Å². The molecule has 0 unspecified atom stereocenters. The summed E-state index contributed by atoms with van der Waals surface area (Å²) in [4.78, 5) is 54.6. The van der Waals surface area contributed by atoms with Crippen LogP contribution in [0.25, 0.3) is 0 Å². The molecule has 35 heavy (non-hydrogen) atoms. The van der Waals surface area contributed by atoms with Crippen molar-refractivity contribution in [3.8, 4) is 0 Å². The first-order valence-corrected chi connectivity index (χ1v) is 12.1. The first-order valence-electron chi connectivity index (χ1n) is 10.9. The molecular formula is C25H22ClN3O5S. The molecule has 1 aliphatic rings. The second-order valence-corrected chi connectivity index (χ2v) is 9.17. The molecule has 4 amide bonds. The summed E-state index contributed by atoms with van der Waals surface area (Å²) in [6.45, 7) is 2.19. The normalized spacial score (nSPS) is 15.4. The third-order valence-electron chi connectivity index (χ3n) is 5.37. The van der Waals surface area contributed by atoms with Crippen molar-refractivity contribution >= 4 is 58.1 Å². The molecule has 0 radical (unpaired) electrons. The molecular weight excluding hydrogens is 490 g/mol. The lowest BCUT2D eigenvalue weighted by Crippen LogP contribution is -2.37.